The standard InChI is InChI=1S/C13H12ClFN2O3/c1-20-7-10-11(13(18)19)12(14)17(16-10)6-8-3-2-4-9(15)5-8/h2-5H,6-7H2,1H3,(H,18,19). The maximum atomic E-state index is 13.1. The molecule has 0 aliphatic heterocycles. The van der Waals surface area contributed by atoms with E-state index in [-0.39, 0.29) is 35.4 Å². The lowest BCUT2D eigenvalue weighted by Gasteiger charge is -2.03. The summed E-state index contributed by atoms with van der Waals surface area (Å²) in [5.41, 5.74) is 0.779. The van der Waals surface area contributed by atoms with E-state index in [1.54, 1.807) is 12.1 Å². The molecule has 0 spiro atoms. The molecule has 0 aliphatic carbocycles. The molecule has 2 rings (SSSR count). The van der Waals surface area contributed by atoms with E-state index < -0.39 is 5.97 Å². The average Bonchev–Trinajstić information content (AvgIpc) is 2.66. The first kappa shape index (κ1) is 14.5. The van der Waals surface area contributed by atoms with Crippen molar-refractivity contribution in [3.05, 3.63) is 52.1 Å². The lowest BCUT2D eigenvalue weighted by Crippen LogP contribution is -2.03. The van der Waals surface area contributed by atoms with Gasteiger partial charge in [-0.05, 0) is 17.7 Å². The zero-order valence-corrected chi connectivity index (χ0v) is 11.4. The lowest BCUT2D eigenvalue weighted by molar-refractivity contribution is 0.0692. The summed E-state index contributed by atoms with van der Waals surface area (Å²) >= 11 is 6.02. The van der Waals surface area contributed by atoms with Crippen molar-refractivity contribution in [2.75, 3.05) is 7.11 Å². The van der Waals surface area contributed by atoms with E-state index in [1.807, 2.05) is 0 Å². The quantitative estimate of drug-likeness (QED) is 0.921. The molecule has 0 aliphatic rings. The highest BCUT2D eigenvalue weighted by Crippen LogP contribution is 2.22. The SMILES string of the molecule is COCc1nn(Cc2cccc(F)c2)c(Cl)c1C(=O)O. The molecule has 0 atom stereocenters. The smallest absolute Gasteiger partial charge is 0.340 e. The number of carbonyl (C=O) groups is 1. The molecule has 1 aromatic carbocycles. The summed E-state index contributed by atoms with van der Waals surface area (Å²) in [6.07, 6.45) is 0. The Labute approximate surface area is 119 Å². The monoisotopic (exact) mass is 298 g/mol. The van der Waals surface area contributed by atoms with Gasteiger partial charge >= 0.3 is 5.97 Å². The minimum atomic E-state index is -1.17. The predicted octanol–water partition coefficient (Wildman–Crippen LogP) is 2.57. The number of rotatable bonds is 5. The Balaban J connectivity index is 2.37. The number of aromatic nitrogens is 2. The normalized spacial score (nSPS) is 10.8. The highest BCUT2D eigenvalue weighted by Gasteiger charge is 2.22. The van der Waals surface area contributed by atoms with Crippen molar-refractivity contribution >= 4 is 17.6 Å². The number of nitrogens with zero attached hydrogens (tertiary/aromatic N) is 2. The Morgan fingerprint density at radius 3 is 2.90 bits per heavy atom. The van der Waals surface area contributed by atoms with Crippen LogP contribution in [0.2, 0.25) is 5.15 Å². The Morgan fingerprint density at radius 2 is 2.30 bits per heavy atom. The third-order valence-corrected chi connectivity index (χ3v) is 3.06. The predicted molar refractivity (Wildman–Crippen MR) is 70.4 cm³/mol. The number of halogens is 2. The fourth-order valence-corrected chi connectivity index (χ4v) is 2.14. The molecule has 0 amide bonds. The van der Waals surface area contributed by atoms with Crippen LogP contribution in [0.5, 0.6) is 0 Å². The highest BCUT2D eigenvalue weighted by atomic mass is 35.5. The van der Waals surface area contributed by atoms with E-state index in [2.05, 4.69) is 5.10 Å². The minimum absolute atomic E-state index is 0.00573. The number of carboxylic acid groups (broad SMARTS) is 1. The zero-order chi connectivity index (χ0) is 14.7. The van der Waals surface area contributed by atoms with E-state index >= 15 is 0 Å². The molecule has 0 radical (unpaired) electrons. The van der Waals surface area contributed by atoms with Crippen LogP contribution in [0.3, 0.4) is 0 Å². The molecule has 0 unspecified atom stereocenters. The van der Waals surface area contributed by atoms with Crippen LogP contribution in [0.25, 0.3) is 0 Å². The third kappa shape index (κ3) is 2.97. The molecule has 106 valence electrons. The summed E-state index contributed by atoms with van der Waals surface area (Å²) < 4.78 is 19.3. The second-order valence-electron chi connectivity index (χ2n) is 4.14. The Hall–Kier alpha value is -1.92. The average molecular weight is 299 g/mol. The summed E-state index contributed by atoms with van der Waals surface area (Å²) in [5.74, 6) is -1.55. The summed E-state index contributed by atoms with van der Waals surface area (Å²) in [5, 5.41) is 13.2. The van der Waals surface area contributed by atoms with Gasteiger partial charge in [0.15, 0.2) is 0 Å². The molecule has 0 bridgehead atoms. The van der Waals surface area contributed by atoms with Crippen molar-refractivity contribution in [2.24, 2.45) is 0 Å². The van der Waals surface area contributed by atoms with Crippen molar-refractivity contribution in [1.82, 2.24) is 9.78 Å². The number of aromatic carboxylic acids is 1. The lowest BCUT2D eigenvalue weighted by atomic mass is 10.2. The van der Waals surface area contributed by atoms with Crippen LogP contribution in [0.4, 0.5) is 4.39 Å². The van der Waals surface area contributed by atoms with Gasteiger partial charge in [0, 0.05) is 7.11 Å². The van der Waals surface area contributed by atoms with E-state index in [1.165, 1.54) is 23.9 Å². The van der Waals surface area contributed by atoms with E-state index in [4.69, 9.17) is 21.4 Å². The van der Waals surface area contributed by atoms with Crippen LogP contribution in [0.15, 0.2) is 24.3 Å². The molecule has 1 N–H and O–H groups in total. The number of hydrogen-bond donors (Lipinski definition) is 1. The number of ether oxygens (including phenoxy) is 1. The summed E-state index contributed by atoms with van der Waals surface area (Å²) in [6.45, 7) is 0.220. The maximum Gasteiger partial charge on any atom is 0.340 e. The van der Waals surface area contributed by atoms with Gasteiger partial charge in [-0.2, -0.15) is 5.10 Å². The van der Waals surface area contributed by atoms with Gasteiger partial charge in [0.2, 0.25) is 0 Å². The van der Waals surface area contributed by atoms with E-state index in [9.17, 15) is 9.18 Å². The molecule has 1 heterocycles. The molecular formula is C13H12ClFN2O3. The van der Waals surface area contributed by atoms with Gasteiger partial charge < -0.3 is 9.84 Å². The van der Waals surface area contributed by atoms with Gasteiger partial charge in [-0.3, -0.25) is 0 Å². The van der Waals surface area contributed by atoms with Crippen molar-refractivity contribution in [3.8, 4) is 0 Å². The molecule has 0 saturated heterocycles. The van der Waals surface area contributed by atoms with Crippen molar-refractivity contribution in [2.45, 2.75) is 13.2 Å². The molecule has 0 saturated carbocycles. The Bertz CT molecular complexity index is 643. The third-order valence-electron chi connectivity index (χ3n) is 2.68. The number of methoxy groups -OCH3 is 1. The van der Waals surface area contributed by atoms with Crippen LogP contribution >= 0.6 is 11.6 Å². The Kier molecular flexibility index (Phi) is 4.36. The maximum absolute atomic E-state index is 13.1. The summed E-state index contributed by atoms with van der Waals surface area (Å²) in [4.78, 5) is 11.2. The molecule has 5 nitrogen and oxygen atoms in total. The molecule has 2 aromatic rings. The first-order chi connectivity index (χ1) is 9.52. The van der Waals surface area contributed by atoms with Gasteiger partial charge in [0.1, 0.15) is 22.2 Å². The second kappa shape index (κ2) is 6.02. The van der Waals surface area contributed by atoms with Crippen LogP contribution in [-0.2, 0) is 17.9 Å². The van der Waals surface area contributed by atoms with E-state index in [0.717, 1.165) is 0 Å². The fourth-order valence-electron chi connectivity index (χ4n) is 1.85. The van der Waals surface area contributed by atoms with Crippen LogP contribution in [0.1, 0.15) is 21.6 Å². The molecule has 7 heteroatoms. The fraction of sp³-hybridized carbons (Fsp3) is 0.231. The van der Waals surface area contributed by atoms with Gasteiger partial charge in [0.05, 0.1) is 13.2 Å². The van der Waals surface area contributed by atoms with Crippen LogP contribution in [-0.4, -0.2) is 28.0 Å². The molecule has 20 heavy (non-hydrogen) atoms. The van der Waals surface area contributed by atoms with Gasteiger partial charge in [-0.1, -0.05) is 23.7 Å². The number of hydrogen-bond acceptors (Lipinski definition) is 3. The van der Waals surface area contributed by atoms with E-state index in [0.29, 0.717) is 5.56 Å². The number of benzene rings is 1. The molecular weight excluding hydrogens is 287 g/mol. The van der Waals surface area contributed by atoms with Gasteiger partial charge in [-0.25, -0.2) is 13.9 Å². The largest absolute Gasteiger partial charge is 0.478 e. The number of carboxylic acids is 1. The molecule has 0 fully saturated rings. The Morgan fingerprint density at radius 1 is 1.55 bits per heavy atom. The van der Waals surface area contributed by atoms with Gasteiger partial charge in [-0.15, -0.1) is 0 Å². The van der Waals surface area contributed by atoms with Crippen LogP contribution in [0, 0.1) is 5.82 Å². The second-order valence-corrected chi connectivity index (χ2v) is 4.50. The van der Waals surface area contributed by atoms with Crippen molar-refractivity contribution in [3.63, 3.8) is 0 Å². The molecule has 1 aromatic heterocycles. The summed E-state index contributed by atoms with van der Waals surface area (Å²) in [6, 6.07) is 5.94. The van der Waals surface area contributed by atoms with Crippen molar-refractivity contribution in [1.29, 1.82) is 0 Å². The zero-order valence-electron chi connectivity index (χ0n) is 10.6. The first-order valence-electron chi connectivity index (χ1n) is 5.74. The topological polar surface area (TPSA) is 64.4 Å². The van der Waals surface area contributed by atoms with Crippen molar-refractivity contribution < 1.29 is 19.0 Å². The summed E-state index contributed by atoms with van der Waals surface area (Å²) in [7, 11) is 1.44. The van der Waals surface area contributed by atoms with Crippen LogP contribution < -0.4 is 0 Å². The first-order valence-corrected chi connectivity index (χ1v) is 6.12. The highest BCUT2D eigenvalue weighted by molar-refractivity contribution is 6.32. The van der Waals surface area contributed by atoms with Gasteiger partial charge in [0.25, 0.3) is 0 Å². The minimum Gasteiger partial charge on any atom is -0.478 e.